The third kappa shape index (κ3) is 3.83. The van der Waals surface area contributed by atoms with Gasteiger partial charge in [-0.15, -0.1) is 0 Å². The van der Waals surface area contributed by atoms with Gasteiger partial charge in [0.25, 0.3) is 0 Å². The number of carbonyl (C=O) groups excluding carboxylic acids is 1. The number of carbonyl (C=O) groups is 1. The Morgan fingerprint density at radius 2 is 2.06 bits per heavy atom. The highest BCUT2D eigenvalue weighted by molar-refractivity contribution is 7.91. The molecule has 0 aliphatic heterocycles. The number of nitrogens with one attached hydrogen (secondary N) is 2. The summed E-state index contributed by atoms with van der Waals surface area (Å²) in [6, 6.07) is 4.37. The van der Waals surface area contributed by atoms with Gasteiger partial charge in [-0.2, -0.15) is 8.42 Å². The van der Waals surface area contributed by atoms with Crippen LogP contribution >= 0.6 is 0 Å². The van der Waals surface area contributed by atoms with Gasteiger partial charge in [0.15, 0.2) is 0 Å². The molecule has 0 aliphatic carbocycles. The minimum atomic E-state index is -4.12. The SMILES string of the molecule is COC(=O)NS(=O)(=O)Nc1ccc(C)cc1O. The monoisotopic (exact) mass is 260 g/mol. The molecule has 17 heavy (non-hydrogen) atoms. The third-order valence-corrected chi connectivity index (χ3v) is 2.72. The Morgan fingerprint density at radius 1 is 1.41 bits per heavy atom. The van der Waals surface area contributed by atoms with E-state index in [0.717, 1.165) is 12.7 Å². The molecule has 1 aromatic rings. The topological polar surface area (TPSA) is 105 Å². The van der Waals surface area contributed by atoms with Gasteiger partial charge < -0.3 is 9.84 Å². The number of ether oxygens (including phenoxy) is 1. The zero-order valence-electron chi connectivity index (χ0n) is 9.22. The zero-order valence-corrected chi connectivity index (χ0v) is 10.0. The molecular weight excluding hydrogens is 248 g/mol. The summed E-state index contributed by atoms with van der Waals surface area (Å²) in [4.78, 5) is 10.7. The predicted molar refractivity (Wildman–Crippen MR) is 60.9 cm³/mol. The van der Waals surface area contributed by atoms with Gasteiger partial charge in [0.1, 0.15) is 5.75 Å². The molecule has 1 rings (SSSR count). The third-order valence-electron chi connectivity index (χ3n) is 1.80. The summed E-state index contributed by atoms with van der Waals surface area (Å²) in [5, 5.41) is 9.48. The van der Waals surface area contributed by atoms with Gasteiger partial charge in [-0.25, -0.2) is 9.52 Å². The number of anilines is 1. The van der Waals surface area contributed by atoms with Crippen molar-refractivity contribution in [3.63, 3.8) is 0 Å². The average Bonchev–Trinajstić information content (AvgIpc) is 2.21. The highest BCUT2D eigenvalue weighted by Crippen LogP contribution is 2.24. The average molecular weight is 260 g/mol. The van der Waals surface area contributed by atoms with Gasteiger partial charge >= 0.3 is 16.3 Å². The number of aryl methyl sites for hydroxylation is 1. The molecule has 0 radical (unpaired) electrons. The Labute approximate surface area is 98.6 Å². The second-order valence-corrected chi connectivity index (χ2v) is 4.63. The van der Waals surface area contributed by atoms with Crippen molar-refractivity contribution >= 4 is 22.0 Å². The normalized spacial score (nSPS) is 10.7. The summed E-state index contributed by atoms with van der Waals surface area (Å²) in [7, 11) is -3.08. The number of amides is 1. The molecule has 8 heteroatoms. The lowest BCUT2D eigenvalue weighted by molar-refractivity contribution is 0.177. The Kier molecular flexibility index (Phi) is 3.79. The first-order chi connectivity index (χ1) is 7.84. The van der Waals surface area contributed by atoms with Crippen LogP contribution in [0, 0.1) is 6.92 Å². The van der Waals surface area contributed by atoms with Crippen LogP contribution in [0.3, 0.4) is 0 Å². The maximum Gasteiger partial charge on any atom is 0.422 e. The van der Waals surface area contributed by atoms with E-state index >= 15 is 0 Å². The molecule has 0 unspecified atom stereocenters. The largest absolute Gasteiger partial charge is 0.506 e. The van der Waals surface area contributed by atoms with Crippen molar-refractivity contribution in [1.29, 1.82) is 0 Å². The minimum Gasteiger partial charge on any atom is -0.506 e. The summed E-state index contributed by atoms with van der Waals surface area (Å²) in [5.41, 5.74) is 0.735. The summed E-state index contributed by atoms with van der Waals surface area (Å²) in [6.45, 7) is 1.74. The van der Waals surface area contributed by atoms with E-state index < -0.39 is 16.3 Å². The van der Waals surface area contributed by atoms with Crippen molar-refractivity contribution in [2.24, 2.45) is 0 Å². The maximum atomic E-state index is 11.4. The number of hydrogen-bond donors (Lipinski definition) is 3. The molecule has 1 aromatic carbocycles. The Morgan fingerprint density at radius 3 is 2.59 bits per heavy atom. The molecule has 0 atom stereocenters. The smallest absolute Gasteiger partial charge is 0.422 e. The first-order valence-electron chi connectivity index (χ1n) is 4.52. The van der Waals surface area contributed by atoms with Crippen LogP contribution in [0.15, 0.2) is 18.2 Å². The van der Waals surface area contributed by atoms with Crippen molar-refractivity contribution in [2.75, 3.05) is 11.8 Å². The van der Waals surface area contributed by atoms with Crippen LogP contribution in [0.25, 0.3) is 0 Å². The minimum absolute atomic E-state index is 0.0352. The summed E-state index contributed by atoms with van der Waals surface area (Å²) < 4.78 is 30.5. The summed E-state index contributed by atoms with van der Waals surface area (Å²) >= 11 is 0. The standard InChI is InChI=1S/C9H12N2O5S/c1-6-3-4-7(8(12)5-6)10-17(14,15)11-9(13)16-2/h3-5,10,12H,1-2H3,(H,11,13). The fourth-order valence-electron chi connectivity index (χ4n) is 1.05. The molecule has 0 spiro atoms. The van der Waals surface area contributed by atoms with Gasteiger partial charge in [-0.3, -0.25) is 4.72 Å². The van der Waals surface area contributed by atoms with Gasteiger partial charge in [0.2, 0.25) is 0 Å². The van der Waals surface area contributed by atoms with Gasteiger partial charge in [0.05, 0.1) is 12.8 Å². The zero-order chi connectivity index (χ0) is 13.1. The van der Waals surface area contributed by atoms with E-state index in [9.17, 15) is 18.3 Å². The fourth-order valence-corrected chi connectivity index (χ4v) is 1.87. The second kappa shape index (κ2) is 4.91. The molecule has 0 aliphatic rings. The van der Waals surface area contributed by atoms with E-state index in [1.54, 1.807) is 17.7 Å². The molecular formula is C9H12N2O5S. The lowest BCUT2D eigenvalue weighted by atomic mass is 10.2. The Bertz CT molecular complexity index is 526. The molecule has 1 amide bonds. The van der Waals surface area contributed by atoms with Crippen LogP contribution < -0.4 is 9.44 Å². The highest BCUT2D eigenvalue weighted by atomic mass is 32.2. The molecule has 0 aromatic heterocycles. The van der Waals surface area contributed by atoms with Crippen molar-refractivity contribution in [2.45, 2.75) is 6.92 Å². The predicted octanol–water partition coefficient (Wildman–Crippen LogP) is 0.713. The summed E-state index contributed by atoms with van der Waals surface area (Å²) in [6.07, 6.45) is -1.12. The molecule has 94 valence electrons. The van der Waals surface area contributed by atoms with E-state index in [1.165, 1.54) is 12.1 Å². The first-order valence-corrected chi connectivity index (χ1v) is 6.00. The second-order valence-electron chi connectivity index (χ2n) is 3.22. The molecule has 7 nitrogen and oxygen atoms in total. The lowest BCUT2D eigenvalue weighted by Crippen LogP contribution is -2.35. The van der Waals surface area contributed by atoms with Crippen LogP contribution in [0.4, 0.5) is 10.5 Å². The fraction of sp³-hybridized carbons (Fsp3) is 0.222. The number of benzene rings is 1. The molecule has 0 bridgehead atoms. The number of phenols is 1. The number of hydrogen-bond acceptors (Lipinski definition) is 5. The Balaban J connectivity index is 2.87. The van der Waals surface area contributed by atoms with Crippen LogP contribution in [0.5, 0.6) is 5.75 Å². The van der Waals surface area contributed by atoms with Crippen molar-refractivity contribution in [3.05, 3.63) is 23.8 Å². The van der Waals surface area contributed by atoms with Gasteiger partial charge in [-0.1, -0.05) is 6.07 Å². The quantitative estimate of drug-likeness (QED) is 0.694. The van der Waals surface area contributed by atoms with Crippen molar-refractivity contribution in [3.8, 4) is 5.75 Å². The van der Waals surface area contributed by atoms with E-state index in [4.69, 9.17) is 0 Å². The number of methoxy groups -OCH3 is 1. The van der Waals surface area contributed by atoms with Crippen LogP contribution in [0.1, 0.15) is 5.56 Å². The van der Waals surface area contributed by atoms with Gasteiger partial charge in [-0.05, 0) is 24.6 Å². The first kappa shape index (κ1) is 13.1. The Hall–Kier alpha value is -1.96. The van der Waals surface area contributed by atoms with Crippen molar-refractivity contribution < 1.29 is 23.1 Å². The maximum absolute atomic E-state index is 11.4. The molecule has 0 saturated heterocycles. The van der Waals surface area contributed by atoms with Crippen LogP contribution in [-0.2, 0) is 14.9 Å². The van der Waals surface area contributed by atoms with Gasteiger partial charge in [0, 0.05) is 0 Å². The molecule has 0 fully saturated rings. The van der Waals surface area contributed by atoms with Crippen LogP contribution in [-0.4, -0.2) is 26.7 Å². The molecule has 3 N–H and O–H groups in total. The van der Waals surface area contributed by atoms with E-state index in [1.807, 2.05) is 4.72 Å². The number of rotatable bonds is 3. The molecule has 0 saturated carbocycles. The van der Waals surface area contributed by atoms with Crippen molar-refractivity contribution in [1.82, 2.24) is 4.72 Å². The highest BCUT2D eigenvalue weighted by Gasteiger charge is 2.16. The van der Waals surface area contributed by atoms with E-state index in [-0.39, 0.29) is 11.4 Å². The number of aromatic hydroxyl groups is 1. The molecule has 0 heterocycles. The summed E-state index contributed by atoms with van der Waals surface area (Å²) in [5.74, 6) is -0.236. The number of phenolic OH excluding ortho intramolecular Hbond substituents is 1. The van der Waals surface area contributed by atoms with Crippen LogP contribution in [0.2, 0.25) is 0 Å². The van der Waals surface area contributed by atoms with E-state index in [2.05, 4.69) is 4.74 Å². The lowest BCUT2D eigenvalue weighted by Gasteiger charge is -2.10. The van der Waals surface area contributed by atoms with E-state index in [0.29, 0.717) is 0 Å².